The van der Waals surface area contributed by atoms with Crippen LogP contribution in [0, 0.1) is 16.6 Å². The number of benzene rings is 2. The second-order valence-corrected chi connectivity index (χ2v) is 9.23. The first kappa shape index (κ1) is 22.7. The third-order valence-corrected chi connectivity index (χ3v) is 7.21. The number of anilines is 2. The summed E-state index contributed by atoms with van der Waals surface area (Å²) in [5, 5.41) is 5.16. The second-order valence-electron chi connectivity index (χ2n) is 7.37. The van der Waals surface area contributed by atoms with Gasteiger partial charge in [0.15, 0.2) is 5.34 Å². The molecule has 166 valence electrons. The number of hydrogen-bond acceptors (Lipinski definition) is 6. The standard InChI is InChI=1S/C21H24FN3O5S/c1-3-19(14(2)30-24-27)21(26)23-17-9-6-15-5-4-12-25(20(15)13-17)31(28,29)18-10-7-16(22)8-11-18/h6-11,13-14,19H,3-5,12H2,1-2H3,(H,23,26). The third kappa shape index (κ3) is 4.84. The van der Waals surface area contributed by atoms with E-state index >= 15 is 0 Å². The Morgan fingerprint density at radius 1 is 1.26 bits per heavy atom. The molecule has 1 N–H and O–H groups in total. The number of nitrogens with zero attached hydrogens (tertiary/aromatic N) is 2. The van der Waals surface area contributed by atoms with E-state index in [1.807, 2.05) is 0 Å². The molecule has 1 amide bonds. The van der Waals surface area contributed by atoms with Gasteiger partial charge in [-0.15, -0.1) is 4.91 Å². The molecule has 2 aromatic rings. The summed E-state index contributed by atoms with van der Waals surface area (Å²) >= 11 is 0. The number of hydrogen-bond donors (Lipinski definition) is 1. The maximum absolute atomic E-state index is 13.2. The second kappa shape index (κ2) is 9.42. The lowest BCUT2D eigenvalue weighted by Gasteiger charge is -2.31. The molecule has 0 saturated heterocycles. The summed E-state index contributed by atoms with van der Waals surface area (Å²) in [6.07, 6.45) is 1.07. The number of aryl methyl sites for hydroxylation is 1. The minimum atomic E-state index is -3.89. The quantitative estimate of drug-likeness (QED) is 0.484. The summed E-state index contributed by atoms with van der Waals surface area (Å²) in [6, 6.07) is 9.79. The van der Waals surface area contributed by atoms with Crippen molar-refractivity contribution < 1.29 is 22.4 Å². The van der Waals surface area contributed by atoms with Gasteiger partial charge < -0.3 is 10.2 Å². The highest BCUT2D eigenvalue weighted by Crippen LogP contribution is 2.34. The summed E-state index contributed by atoms with van der Waals surface area (Å²) in [7, 11) is -3.89. The molecule has 0 aliphatic carbocycles. The maximum atomic E-state index is 13.2. The highest BCUT2D eigenvalue weighted by Gasteiger charge is 2.30. The zero-order valence-electron chi connectivity index (χ0n) is 17.2. The summed E-state index contributed by atoms with van der Waals surface area (Å²) in [5.74, 6) is -1.48. The van der Waals surface area contributed by atoms with Crippen LogP contribution >= 0.6 is 0 Å². The molecule has 10 heteroatoms. The molecule has 0 aromatic heterocycles. The van der Waals surface area contributed by atoms with Crippen molar-refractivity contribution in [3.63, 3.8) is 0 Å². The van der Waals surface area contributed by atoms with Crippen molar-refractivity contribution in [2.45, 2.75) is 44.1 Å². The molecule has 31 heavy (non-hydrogen) atoms. The molecule has 0 bridgehead atoms. The molecule has 0 saturated carbocycles. The van der Waals surface area contributed by atoms with Crippen molar-refractivity contribution in [2.24, 2.45) is 11.3 Å². The fourth-order valence-corrected chi connectivity index (χ4v) is 5.24. The van der Waals surface area contributed by atoms with Gasteiger partial charge in [-0.1, -0.05) is 13.0 Å². The molecular weight excluding hydrogens is 425 g/mol. The number of amides is 1. The van der Waals surface area contributed by atoms with E-state index < -0.39 is 27.9 Å². The van der Waals surface area contributed by atoms with Gasteiger partial charge in [-0.3, -0.25) is 9.10 Å². The first-order valence-corrected chi connectivity index (χ1v) is 11.4. The van der Waals surface area contributed by atoms with Gasteiger partial charge in [0.1, 0.15) is 11.9 Å². The Hall–Kier alpha value is -3.01. The number of fused-ring (bicyclic) bond motifs is 1. The fraction of sp³-hybridized carbons (Fsp3) is 0.381. The number of carbonyl (C=O) groups is 1. The van der Waals surface area contributed by atoms with Crippen LogP contribution in [0.2, 0.25) is 0 Å². The van der Waals surface area contributed by atoms with Crippen molar-refractivity contribution in [3.8, 4) is 0 Å². The molecule has 0 fully saturated rings. The van der Waals surface area contributed by atoms with Crippen LogP contribution in [0.3, 0.4) is 0 Å². The van der Waals surface area contributed by atoms with E-state index in [4.69, 9.17) is 0 Å². The van der Waals surface area contributed by atoms with Crippen LogP contribution in [0.15, 0.2) is 52.7 Å². The van der Waals surface area contributed by atoms with Crippen LogP contribution < -0.4 is 9.62 Å². The number of halogens is 1. The largest absolute Gasteiger partial charge is 0.360 e. The zero-order valence-corrected chi connectivity index (χ0v) is 18.1. The summed E-state index contributed by atoms with van der Waals surface area (Å²) in [6.45, 7) is 3.65. The molecule has 1 aliphatic rings. The smallest absolute Gasteiger partial charge is 0.264 e. The normalized spacial score (nSPS) is 15.5. The summed E-state index contributed by atoms with van der Waals surface area (Å²) in [4.78, 5) is 27.7. The predicted molar refractivity (Wildman–Crippen MR) is 114 cm³/mol. The Morgan fingerprint density at radius 3 is 2.61 bits per heavy atom. The van der Waals surface area contributed by atoms with Gasteiger partial charge in [0.25, 0.3) is 10.0 Å². The monoisotopic (exact) mass is 449 g/mol. The van der Waals surface area contributed by atoms with Crippen molar-refractivity contribution in [3.05, 3.63) is 58.8 Å². The Bertz CT molecular complexity index is 1060. The molecule has 2 unspecified atom stereocenters. The van der Waals surface area contributed by atoms with Crippen LogP contribution in [0.4, 0.5) is 15.8 Å². The molecule has 2 atom stereocenters. The van der Waals surface area contributed by atoms with Gasteiger partial charge >= 0.3 is 0 Å². The van der Waals surface area contributed by atoms with E-state index in [9.17, 15) is 22.5 Å². The molecule has 1 aliphatic heterocycles. The summed E-state index contributed by atoms with van der Waals surface area (Å²) in [5.41, 5.74) is 1.73. The Balaban J connectivity index is 1.89. The van der Waals surface area contributed by atoms with Crippen LogP contribution in [-0.4, -0.2) is 27.0 Å². The van der Waals surface area contributed by atoms with Crippen LogP contribution in [0.25, 0.3) is 0 Å². The topological polar surface area (TPSA) is 105 Å². The summed E-state index contributed by atoms with van der Waals surface area (Å²) < 4.78 is 40.9. The average molecular weight is 450 g/mol. The number of sulfonamides is 1. The zero-order chi connectivity index (χ0) is 22.6. The van der Waals surface area contributed by atoms with Crippen molar-refractivity contribution in [2.75, 3.05) is 16.2 Å². The van der Waals surface area contributed by atoms with Gasteiger partial charge in [0.05, 0.1) is 16.5 Å². The van der Waals surface area contributed by atoms with Crippen molar-refractivity contribution in [1.29, 1.82) is 0 Å². The molecule has 2 aromatic carbocycles. The highest BCUT2D eigenvalue weighted by molar-refractivity contribution is 7.92. The number of nitrogens with one attached hydrogen (secondary N) is 1. The van der Waals surface area contributed by atoms with Gasteiger partial charge in [-0.05, 0) is 68.1 Å². The molecule has 1 heterocycles. The van der Waals surface area contributed by atoms with Gasteiger partial charge in [0.2, 0.25) is 5.91 Å². The van der Waals surface area contributed by atoms with E-state index in [0.717, 1.165) is 17.7 Å². The van der Waals surface area contributed by atoms with Crippen LogP contribution in [0.5, 0.6) is 0 Å². The van der Waals surface area contributed by atoms with E-state index in [1.54, 1.807) is 32.0 Å². The number of rotatable bonds is 8. The van der Waals surface area contributed by atoms with Crippen LogP contribution in [0.1, 0.15) is 32.3 Å². The molecule has 0 spiro atoms. The molecular formula is C21H24FN3O5S. The van der Waals surface area contributed by atoms with E-state index in [-0.39, 0.29) is 17.3 Å². The minimum Gasteiger partial charge on any atom is -0.360 e. The first-order chi connectivity index (χ1) is 14.8. The van der Waals surface area contributed by atoms with Crippen molar-refractivity contribution >= 4 is 27.3 Å². The lowest BCUT2D eigenvalue weighted by atomic mass is 9.99. The lowest BCUT2D eigenvalue weighted by molar-refractivity contribution is -0.124. The Labute approximate surface area is 180 Å². The van der Waals surface area contributed by atoms with E-state index in [2.05, 4.69) is 15.5 Å². The van der Waals surface area contributed by atoms with Crippen LogP contribution in [-0.2, 0) is 26.1 Å². The van der Waals surface area contributed by atoms with Gasteiger partial charge in [-0.2, -0.15) is 0 Å². The number of carbonyl (C=O) groups excluding carboxylic acids is 1. The Morgan fingerprint density at radius 2 is 1.97 bits per heavy atom. The lowest BCUT2D eigenvalue weighted by Crippen LogP contribution is -2.36. The third-order valence-electron chi connectivity index (χ3n) is 5.38. The average Bonchev–Trinajstić information content (AvgIpc) is 2.74. The fourth-order valence-electron chi connectivity index (χ4n) is 3.71. The minimum absolute atomic E-state index is 0.00503. The van der Waals surface area contributed by atoms with Crippen molar-refractivity contribution in [1.82, 2.24) is 0 Å². The van der Waals surface area contributed by atoms with Gasteiger partial charge in [0, 0.05) is 12.2 Å². The van der Waals surface area contributed by atoms with E-state index in [1.165, 1.54) is 16.4 Å². The predicted octanol–water partition coefficient (Wildman–Crippen LogP) is 4.02. The Kier molecular flexibility index (Phi) is 6.89. The van der Waals surface area contributed by atoms with E-state index in [0.29, 0.717) is 30.6 Å². The SMILES string of the molecule is CCC(C(=O)Nc1ccc2c(c1)N(S(=O)(=O)c1ccc(F)cc1)CCC2)C(C)ON=O. The first-order valence-electron chi connectivity index (χ1n) is 9.98. The molecule has 8 nitrogen and oxygen atoms in total. The maximum Gasteiger partial charge on any atom is 0.264 e. The molecule has 3 rings (SSSR count). The molecule has 0 radical (unpaired) electrons. The highest BCUT2D eigenvalue weighted by atomic mass is 32.2. The van der Waals surface area contributed by atoms with Gasteiger partial charge in [-0.25, -0.2) is 12.8 Å².